The van der Waals surface area contributed by atoms with Gasteiger partial charge in [-0.15, -0.1) is 0 Å². The number of aliphatic hydroxyl groups excluding tert-OH is 1. The highest BCUT2D eigenvalue weighted by atomic mass is 32.1. The van der Waals surface area contributed by atoms with Crippen LogP contribution >= 0.6 is 12.2 Å². The third-order valence-corrected chi connectivity index (χ3v) is 1.97. The van der Waals surface area contributed by atoms with Gasteiger partial charge in [0.15, 0.2) is 5.05 Å². The number of thiocarbonyl (C=S) groups is 1. The molecule has 1 heterocycles. The zero-order valence-corrected chi connectivity index (χ0v) is 8.37. The number of cyclic esters (lactones) is 2. The van der Waals surface area contributed by atoms with Crippen molar-refractivity contribution in [3.05, 3.63) is 0 Å². The van der Waals surface area contributed by atoms with Crippen molar-refractivity contribution in [2.24, 2.45) is 0 Å². The van der Waals surface area contributed by atoms with E-state index >= 15 is 0 Å². The Hall–Kier alpha value is -1.01. The van der Waals surface area contributed by atoms with Crippen LogP contribution in [-0.2, 0) is 19.1 Å². The predicted octanol–water partition coefficient (Wildman–Crippen LogP) is -0.0566. The van der Waals surface area contributed by atoms with Crippen LogP contribution in [0.15, 0.2) is 0 Å². The first-order chi connectivity index (χ1) is 6.56. The fourth-order valence-corrected chi connectivity index (χ4v) is 1.30. The van der Waals surface area contributed by atoms with Crippen molar-refractivity contribution >= 4 is 29.2 Å². The van der Waals surface area contributed by atoms with Gasteiger partial charge < -0.3 is 14.6 Å². The van der Waals surface area contributed by atoms with Gasteiger partial charge in [0, 0.05) is 6.42 Å². The maximum atomic E-state index is 10.9. The summed E-state index contributed by atoms with van der Waals surface area (Å²) in [5.41, 5.74) is 0. The molecule has 5 nitrogen and oxygen atoms in total. The molecule has 0 radical (unpaired) electrons. The second-order valence-corrected chi connectivity index (χ2v) is 3.30. The summed E-state index contributed by atoms with van der Waals surface area (Å²) in [5, 5.41) is 9.36. The van der Waals surface area contributed by atoms with E-state index in [0.29, 0.717) is 6.42 Å². The molecule has 0 saturated carbocycles. The van der Waals surface area contributed by atoms with Gasteiger partial charge in [-0.2, -0.15) is 0 Å². The topological polar surface area (TPSA) is 72.8 Å². The summed E-state index contributed by atoms with van der Waals surface area (Å²) in [4.78, 5) is 21.7. The maximum absolute atomic E-state index is 10.9. The van der Waals surface area contributed by atoms with Crippen molar-refractivity contribution in [2.45, 2.75) is 32.0 Å². The summed E-state index contributed by atoms with van der Waals surface area (Å²) in [7, 11) is 0. The highest BCUT2D eigenvalue weighted by molar-refractivity contribution is 7.80. The lowest BCUT2D eigenvalue weighted by molar-refractivity contribution is -0.155. The zero-order chi connectivity index (χ0) is 10.7. The lowest BCUT2D eigenvalue weighted by atomic mass is 10.2. The quantitative estimate of drug-likeness (QED) is 0.406. The fourth-order valence-electron chi connectivity index (χ4n) is 0.987. The van der Waals surface area contributed by atoms with Crippen LogP contribution in [0.2, 0.25) is 0 Å². The van der Waals surface area contributed by atoms with E-state index in [9.17, 15) is 9.59 Å². The van der Waals surface area contributed by atoms with Crippen molar-refractivity contribution in [1.82, 2.24) is 0 Å². The summed E-state index contributed by atoms with van der Waals surface area (Å²) in [6.45, 7) is 1.89. The van der Waals surface area contributed by atoms with Crippen molar-refractivity contribution in [1.29, 1.82) is 0 Å². The smallest absolute Gasteiger partial charge is 0.358 e. The lowest BCUT2D eigenvalue weighted by Gasteiger charge is -2.11. The third kappa shape index (κ3) is 2.27. The molecule has 0 aromatic rings. The SMILES string of the molecule is CCCC(=S)OC1C(=O)OC(=O)C1O. The molecule has 1 aliphatic heterocycles. The average Bonchev–Trinajstić information content (AvgIpc) is 2.33. The molecule has 2 unspecified atom stereocenters. The van der Waals surface area contributed by atoms with E-state index in [1.807, 2.05) is 6.92 Å². The molecule has 14 heavy (non-hydrogen) atoms. The zero-order valence-electron chi connectivity index (χ0n) is 7.56. The molecule has 0 aliphatic carbocycles. The summed E-state index contributed by atoms with van der Waals surface area (Å²) in [6, 6.07) is 0. The molecule has 0 amide bonds. The van der Waals surface area contributed by atoms with Crippen LogP contribution in [0, 0.1) is 0 Å². The molecule has 1 aliphatic rings. The van der Waals surface area contributed by atoms with Crippen LogP contribution in [-0.4, -0.2) is 34.3 Å². The molecule has 0 aromatic heterocycles. The normalized spacial score (nSPS) is 26.1. The Kier molecular flexibility index (Phi) is 3.54. The highest BCUT2D eigenvalue weighted by Gasteiger charge is 2.45. The summed E-state index contributed by atoms with van der Waals surface area (Å²) in [6.07, 6.45) is -1.58. The van der Waals surface area contributed by atoms with Crippen LogP contribution < -0.4 is 0 Å². The lowest BCUT2D eigenvalue weighted by Crippen LogP contribution is -2.33. The maximum Gasteiger partial charge on any atom is 0.358 e. The van der Waals surface area contributed by atoms with Gasteiger partial charge >= 0.3 is 11.9 Å². The number of carbonyl (C=O) groups is 2. The average molecular weight is 218 g/mol. The Labute approximate surface area is 86.0 Å². The van der Waals surface area contributed by atoms with Crippen molar-refractivity contribution in [3.8, 4) is 0 Å². The van der Waals surface area contributed by atoms with E-state index in [4.69, 9.17) is 22.1 Å². The van der Waals surface area contributed by atoms with Gasteiger partial charge in [0.2, 0.25) is 12.2 Å². The van der Waals surface area contributed by atoms with E-state index in [1.165, 1.54) is 0 Å². The van der Waals surface area contributed by atoms with Crippen molar-refractivity contribution in [3.63, 3.8) is 0 Å². The minimum Gasteiger partial charge on any atom is -0.469 e. The minimum atomic E-state index is -1.56. The Balaban J connectivity index is 2.56. The second-order valence-electron chi connectivity index (χ2n) is 2.85. The largest absolute Gasteiger partial charge is 0.469 e. The Morgan fingerprint density at radius 3 is 2.64 bits per heavy atom. The molecule has 1 rings (SSSR count). The molecule has 0 bridgehead atoms. The summed E-state index contributed by atoms with van der Waals surface area (Å²) < 4.78 is 9.09. The molecule has 0 aromatic carbocycles. The molecule has 2 atom stereocenters. The number of carbonyl (C=O) groups excluding carboxylic acids is 2. The molecule has 1 fully saturated rings. The van der Waals surface area contributed by atoms with E-state index in [1.54, 1.807) is 0 Å². The number of esters is 2. The third-order valence-electron chi connectivity index (χ3n) is 1.67. The first-order valence-corrected chi connectivity index (χ1v) is 4.60. The standard InChI is InChI=1S/C8H10O5S/c1-2-3-4(14)12-6-5(9)7(10)13-8(6)11/h5-6,9H,2-3H2,1H3. The number of rotatable bonds is 3. The molecule has 0 spiro atoms. The first-order valence-electron chi connectivity index (χ1n) is 4.19. The van der Waals surface area contributed by atoms with Crippen LogP contribution in [0.1, 0.15) is 19.8 Å². The molecule has 1 saturated heterocycles. The monoisotopic (exact) mass is 218 g/mol. The molecule has 6 heteroatoms. The van der Waals surface area contributed by atoms with Gasteiger partial charge in [0.1, 0.15) is 0 Å². The van der Waals surface area contributed by atoms with Crippen LogP contribution in [0.3, 0.4) is 0 Å². The number of hydrogen-bond acceptors (Lipinski definition) is 6. The van der Waals surface area contributed by atoms with Gasteiger partial charge in [0.25, 0.3) is 0 Å². The molecular formula is C8H10O5S. The van der Waals surface area contributed by atoms with E-state index in [0.717, 1.165) is 6.42 Å². The fraction of sp³-hybridized carbons (Fsp3) is 0.625. The minimum absolute atomic E-state index is 0.197. The van der Waals surface area contributed by atoms with Crippen molar-refractivity contribution in [2.75, 3.05) is 0 Å². The van der Waals surface area contributed by atoms with Crippen LogP contribution in [0.5, 0.6) is 0 Å². The van der Waals surface area contributed by atoms with Gasteiger partial charge in [0.05, 0.1) is 0 Å². The van der Waals surface area contributed by atoms with Crippen LogP contribution in [0.25, 0.3) is 0 Å². The number of aliphatic hydroxyl groups is 1. The van der Waals surface area contributed by atoms with Gasteiger partial charge in [-0.25, -0.2) is 9.59 Å². The van der Waals surface area contributed by atoms with E-state index in [-0.39, 0.29) is 5.05 Å². The van der Waals surface area contributed by atoms with Gasteiger partial charge in [-0.1, -0.05) is 6.92 Å². The first kappa shape index (κ1) is 11.1. The van der Waals surface area contributed by atoms with E-state index in [2.05, 4.69) is 4.74 Å². The highest BCUT2D eigenvalue weighted by Crippen LogP contribution is 2.14. The Morgan fingerprint density at radius 2 is 2.21 bits per heavy atom. The molecular weight excluding hydrogens is 208 g/mol. The van der Waals surface area contributed by atoms with Crippen LogP contribution in [0.4, 0.5) is 0 Å². The summed E-state index contributed by atoms with van der Waals surface area (Å²) >= 11 is 4.78. The van der Waals surface area contributed by atoms with Gasteiger partial charge in [-0.05, 0) is 18.6 Å². The Bertz CT molecular complexity index is 275. The number of ether oxygens (including phenoxy) is 2. The molecule has 1 N–H and O–H groups in total. The van der Waals surface area contributed by atoms with Crippen molar-refractivity contribution < 1.29 is 24.2 Å². The summed E-state index contributed by atoms with van der Waals surface area (Å²) in [5.74, 6) is -1.87. The van der Waals surface area contributed by atoms with E-state index < -0.39 is 24.1 Å². The predicted molar refractivity (Wildman–Crippen MR) is 49.5 cm³/mol. The molecule has 78 valence electrons. The second kappa shape index (κ2) is 4.47. The van der Waals surface area contributed by atoms with Gasteiger partial charge in [-0.3, -0.25) is 0 Å². The Morgan fingerprint density at radius 1 is 1.57 bits per heavy atom. The number of hydrogen-bond donors (Lipinski definition) is 1.